The molecular weight excluding hydrogens is 252 g/mol. The van der Waals surface area contributed by atoms with Gasteiger partial charge in [-0.3, -0.25) is 0 Å². The highest BCUT2D eigenvalue weighted by Crippen LogP contribution is 2.23. The third kappa shape index (κ3) is 2.98. The highest BCUT2D eigenvalue weighted by Gasteiger charge is 2.41. The number of carbonyl (C=O) groups is 2. The second-order valence-corrected chi connectivity index (χ2v) is 5.10. The number of carbonyl (C=O) groups excluding carboxylic acids is 1. The van der Waals surface area contributed by atoms with Gasteiger partial charge in [0, 0.05) is 33.2 Å². The first-order valence-electron chi connectivity index (χ1n) is 6.52. The molecule has 0 aromatic heterocycles. The van der Waals surface area contributed by atoms with Gasteiger partial charge in [-0.15, -0.1) is 0 Å². The Balaban J connectivity index is 2.02. The van der Waals surface area contributed by atoms with Gasteiger partial charge in [0.15, 0.2) is 0 Å². The van der Waals surface area contributed by atoms with E-state index < -0.39 is 12.0 Å². The van der Waals surface area contributed by atoms with Gasteiger partial charge in [0.05, 0.1) is 12.2 Å². The number of carboxylic acids is 1. The van der Waals surface area contributed by atoms with Gasteiger partial charge >= 0.3 is 12.0 Å². The summed E-state index contributed by atoms with van der Waals surface area (Å²) >= 11 is 0. The number of methoxy groups -OCH3 is 1. The Hall–Kier alpha value is -1.34. The van der Waals surface area contributed by atoms with Crippen molar-refractivity contribution in [1.29, 1.82) is 0 Å². The zero-order chi connectivity index (χ0) is 14.0. The predicted molar refractivity (Wildman–Crippen MR) is 65.8 cm³/mol. The van der Waals surface area contributed by atoms with Gasteiger partial charge in [-0.1, -0.05) is 0 Å². The zero-order valence-corrected chi connectivity index (χ0v) is 11.0. The molecule has 108 valence electrons. The molecular formula is C12H20N2O5. The summed E-state index contributed by atoms with van der Waals surface area (Å²) in [5, 5.41) is 18.6. The quantitative estimate of drug-likeness (QED) is 0.722. The number of urea groups is 1. The molecule has 2 rings (SSSR count). The normalized spacial score (nSPS) is 28.7. The van der Waals surface area contributed by atoms with Gasteiger partial charge in [0.25, 0.3) is 0 Å². The van der Waals surface area contributed by atoms with Gasteiger partial charge < -0.3 is 24.7 Å². The van der Waals surface area contributed by atoms with Crippen LogP contribution < -0.4 is 0 Å². The summed E-state index contributed by atoms with van der Waals surface area (Å²) in [6.45, 7) is 1.26. The maximum absolute atomic E-state index is 12.3. The summed E-state index contributed by atoms with van der Waals surface area (Å²) < 4.78 is 5.16. The number of nitrogens with zero attached hydrogens (tertiary/aromatic N) is 2. The number of hydrogen-bond acceptors (Lipinski definition) is 4. The fourth-order valence-electron chi connectivity index (χ4n) is 2.65. The van der Waals surface area contributed by atoms with Crippen LogP contribution in [0.3, 0.4) is 0 Å². The van der Waals surface area contributed by atoms with Crippen molar-refractivity contribution in [3.05, 3.63) is 0 Å². The van der Waals surface area contributed by atoms with Crippen LogP contribution in [-0.4, -0.2) is 77.0 Å². The van der Waals surface area contributed by atoms with Crippen molar-refractivity contribution < 1.29 is 24.5 Å². The van der Waals surface area contributed by atoms with Crippen LogP contribution in [0.4, 0.5) is 4.79 Å². The van der Waals surface area contributed by atoms with Gasteiger partial charge in [-0.05, 0) is 12.8 Å². The van der Waals surface area contributed by atoms with Crippen LogP contribution in [0.5, 0.6) is 0 Å². The minimum atomic E-state index is -0.995. The van der Waals surface area contributed by atoms with E-state index in [9.17, 15) is 19.8 Å². The van der Waals surface area contributed by atoms with E-state index in [0.29, 0.717) is 38.9 Å². The molecule has 7 heteroatoms. The monoisotopic (exact) mass is 272 g/mol. The molecule has 2 amide bonds. The number of ether oxygens (including phenoxy) is 1. The standard InChI is InChI=1S/C12H20N2O5/c1-19-9-6-10(11(16)17)14(7-9)12(18)13-4-2-8(15)3-5-13/h8-10,15H,2-7H2,1H3,(H,16,17). The first kappa shape index (κ1) is 14.1. The molecule has 7 nitrogen and oxygen atoms in total. The van der Waals surface area contributed by atoms with Crippen molar-refractivity contribution >= 4 is 12.0 Å². The molecule has 2 atom stereocenters. The Kier molecular flexibility index (Phi) is 4.26. The molecule has 2 fully saturated rings. The van der Waals surface area contributed by atoms with Crippen molar-refractivity contribution in [3.63, 3.8) is 0 Å². The second kappa shape index (κ2) is 5.75. The Labute approximate surface area is 111 Å². The smallest absolute Gasteiger partial charge is 0.326 e. The fourth-order valence-corrected chi connectivity index (χ4v) is 2.65. The number of rotatable bonds is 2. The predicted octanol–water partition coefficient (Wildman–Crippen LogP) is -0.263. The van der Waals surface area contributed by atoms with Crippen LogP contribution in [-0.2, 0) is 9.53 Å². The minimum Gasteiger partial charge on any atom is -0.480 e. The lowest BCUT2D eigenvalue weighted by molar-refractivity contribution is -0.141. The number of amides is 2. The van der Waals surface area contributed by atoms with E-state index in [1.165, 1.54) is 12.0 Å². The second-order valence-electron chi connectivity index (χ2n) is 5.10. The molecule has 0 aromatic rings. The first-order chi connectivity index (χ1) is 9.02. The third-order valence-electron chi connectivity index (χ3n) is 3.86. The number of hydrogen-bond donors (Lipinski definition) is 2. The van der Waals surface area contributed by atoms with Gasteiger partial charge in [0.1, 0.15) is 6.04 Å². The van der Waals surface area contributed by atoms with Crippen LogP contribution in [0.2, 0.25) is 0 Å². The fraction of sp³-hybridized carbons (Fsp3) is 0.833. The Bertz CT molecular complexity index is 354. The van der Waals surface area contributed by atoms with Gasteiger partial charge in [0.2, 0.25) is 0 Å². The van der Waals surface area contributed by atoms with E-state index in [0.717, 1.165) is 0 Å². The number of piperidine rings is 1. The lowest BCUT2D eigenvalue weighted by Crippen LogP contribution is -2.51. The largest absolute Gasteiger partial charge is 0.480 e. The topological polar surface area (TPSA) is 90.3 Å². The summed E-state index contributed by atoms with van der Waals surface area (Å²) in [5.41, 5.74) is 0. The number of aliphatic hydroxyl groups excluding tert-OH is 1. The van der Waals surface area contributed by atoms with E-state index in [1.54, 1.807) is 4.90 Å². The summed E-state index contributed by atoms with van der Waals surface area (Å²) in [5.74, 6) is -0.995. The Morgan fingerprint density at radius 3 is 2.42 bits per heavy atom. The molecule has 0 spiro atoms. The molecule has 0 bridgehead atoms. The van der Waals surface area contributed by atoms with Crippen LogP contribution in [0, 0.1) is 0 Å². The summed E-state index contributed by atoms with van der Waals surface area (Å²) in [6, 6.07) is -1.08. The molecule has 2 saturated heterocycles. The van der Waals surface area contributed by atoms with Crippen LogP contribution in [0.1, 0.15) is 19.3 Å². The van der Waals surface area contributed by atoms with Crippen molar-refractivity contribution in [2.75, 3.05) is 26.7 Å². The molecule has 2 aliphatic heterocycles. The molecule has 2 N–H and O–H groups in total. The Morgan fingerprint density at radius 1 is 1.26 bits per heavy atom. The minimum absolute atomic E-state index is 0.222. The van der Waals surface area contributed by atoms with Crippen molar-refractivity contribution in [2.45, 2.75) is 37.5 Å². The van der Waals surface area contributed by atoms with E-state index >= 15 is 0 Å². The average molecular weight is 272 g/mol. The van der Waals surface area contributed by atoms with Crippen molar-refractivity contribution in [1.82, 2.24) is 9.80 Å². The molecule has 0 saturated carbocycles. The van der Waals surface area contributed by atoms with Crippen LogP contribution in [0.25, 0.3) is 0 Å². The van der Waals surface area contributed by atoms with Gasteiger partial charge in [-0.2, -0.15) is 0 Å². The molecule has 0 radical (unpaired) electrons. The lowest BCUT2D eigenvalue weighted by atomic mass is 10.1. The van der Waals surface area contributed by atoms with E-state index in [4.69, 9.17) is 4.74 Å². The molecule has 19 heavy (non-hydrogen) atoms. The van der Waals surface area contributed by atoms with Crippen molar-refractivity contribution in [2.24, 2.45) is 0 Å². The number of aliphatic carboxylic acids is 1. The summed E-state index contributed by atoms with van der Waals surface area (Å²) in [4.78, 5) is 26.5. The van der Waals surface area contributed by atoms with E-state index in [-0.39, 0.29) is 18.2 Å². The number of aliphatic hydroxyl groups is 1. The lowest BCUT2D eigenvalue weighted by Gasteiger charge is -2.34. The van der Waals surface area contributed by atoms with Crippen LogP contribution in [0.15, 0.2) is 0 Å². The highest BCUT2D eigenvalue weighted by molar-refractivity contribution is 5.83. The van der Waals surface area contributed by atoms with E-state index in [2.05, 4.69) is 0 Å². The summed E-state index contributed by atoms with van der Waals surface area (Å²) in [6.07, 6.45) is 0.842. The van der Waals surface area contributed by atoms with Gasteiger partial charge in [-0.25, -0.2) is 9.59 Å². The average Bonchev–Trinajstić information content (AvgIpc) is 2.83. The zero-order valence-electron chi connectivity index (χ0n) is 11.0. The first-order valence-corrected chi connectivity index (χ1v) is 6.52. The molecule has 2 heterocycles. The number of likely N-dealkylation sites (tertiary alicyclic amines) is 2. The van der Waals surface area contributed by atoms with Crippen LogP contribution >= 0.6 is 0 Å². The maximum atomic E-state index is 12.3. The maximum Gasteiger partial charge on any atom is 0.326 e. The van der Waals surface area contributed by atoms with E-state index in [1.807, 2.05) is 0 Å². The molecule has 0 aliphatic carbocycles. The molecule has 0 aromatic carbocycles. The Morgan fingerprint density at radius 2 is 1.89 bits per heavy atom. The summed E-state index contributed by atoms with van der Waals surface area (Å²) in [7, 11) is 1.52. The number of carboxylic acid groups (broad SMARTS) is 1. The SMILES string of the molecule is COC1CC(C(=O)O)N(C(=O)N2CCC(O)CC2)C1. The van der Waals surface area contributed by atoms with Crippen molar-refractivity contribution in [3.8, 4) is 0 Å². The highest BCUT2D eigenvalue weighted by atomic mass is 16.5. The molecule has 2 aliphatic rings. The third-order valence-corrected chi connectivity index (χ3v) is 3.86. The molecule has 2 unspecified atom stereocenters.